The van der Waals surface area contributed by atoms with Crippen LogP contribution < -0.4 is 0 Å². The summed E-state index contributed by atoms with van der Waals surface area (Å²) >= 11 is 0.726. The lowest BCUT2D eigenvalue weighted by atomic mass is 10.0. The molecule has 0 aliphatic heterocycles. The van der Waals surface area contributed by atoms with Crippen molar-refractivity contribution < 1.29 is 109 Å². The predicted molar refractivity (Wildman–Crippen MR) is 126 cm³/mol. The molecule has 0 rings (SSSR count). The minimum atomic E-state index is -5.00. The summed E-state index contributed by atoms with van der Waals surface area (Å²) in [4.78, 5) is 41.7. The van der Waals surface area contributed by atoms with E-state index in [0.717, 1.165) is 6.92 Å². The average Bonchev–Trinajstić information content (AvgIpc) is 2.78. The van der Waals surface area contributed by atoms with Gasteiger partial charge in [0.05, 0.1) is 17.8 Å². The smallest absolute Gasteiger partial charge is 0.325 e. The molecular weight excluding hydrogens is 672 g/mol. The van der Waals surface area contributed by atoms with Crippen molar-refractivity contribution >= 4 is 80.2 Å². The van der Waals surface area contributed by atoms with Crippen LogP contribution in [0.5, 0.6) is 0 Å². The Balaban J connectivity index is -0.000000546. The van der Waals surface area contributed by atoms with Gasteiger partial charge in [0.15, 0.2) is 10.5 Å². The minimum absolute atomic E-state index is 0.0111. The molecule has 9 N–H and O–H groups in total. The van der Waals surface area contributed by atoms with Gasteiger partial charge in [-0.3, -0.25) is 28.3 Å². The number of hydrogen-bond acceptors (Lipinski definition) is 20. The van der Waals surface area contributed by atoms with Gasteiger partial charge in [-0.2, -0.15) is 16.8 Å². The number of carboxylic acid groups (broad SMARTS) is 4. The summed E-state index contributed by atoms with van der Waals surface area (Å²) in [6.45, 7) is 2.37. The first kappa shape index (κ1) is 42.9. The van der Waals surface area contributed by atoms with Gasteiger partial charge in [0.1, 0.15) is 10.5 Å². The maximum absolute atomic E-state index is 10.9. The Morgan fingerprint density at radius 1 is 0.675 bits per heavy atom. The second-order valence-electron chi connectivity index (χ2n) is 6.12. The van der Waals surface area contributed by atoms with Crippen LogP contribution >= 0.6 is 36.1 Å². The van der Waals surface area contributed by atoms with Crippen LogP contribution in [0.1, 0.15) is 13.8 Å². The van der Waals surface area contributed by atoms with Crippen molar-refractivity contribution in [1.29, 1.82) is 0 Å². The summed E-state index contributed by atoms with van der Waals surface area (Å²) in [7, 11) is -9.68. The average molecular weight is 695 g/mol. The van der Waals surface area contributed by atoms with Crippen molar-refractivity contribution in [2.75, 3.05) is 5.75 Å². The summed E-state index contributed by atoms with van der Waals surface area (Å²) in [6, 6.07) is 0. The van der Waals surface area contributed by atoms with Crippen LogP contribution in [0.4, 0.5) is 0 Å². The summed E-state index contributed by atoms with van der Waals surface area (Å²) < 4.78 is 71.0. The lowest BCUT2D eigenvalue weighted by molar-refractivity contribution is -0.432. The van der Waals surface area contributed by atoms with E-state index in [1.807, 2.05) is 0 Å². The number of carboxylic acids is 4. The molecule has 5 unspecified atom stereocenters. The Hall–Kier alpha value is -1.61. The van der Waals surface area contributed by atoms with Gasteiger partial charge in [-0.25, -0.2) is 15.8 Å². The molecule has 0 saturated carbocycles. The fraction of sp³-hybridized carbons (Fsp3) is 0.667. The summed E-state index contributed by atoms with van der Waals surface area (Å²) in [5.41, 5.74) is 0. The van der Waals surface area contributed by atoms with Crippen LogP contribution in [-0.4, -0.2) is 113 Å². The normalized spacial score (nSPS) is 15.1. The Morgan fingerprint density at radius 3 is 1.43 bits per heavy atom. The van der Waals surface area contributed by atoms with Crippen LogP contribution in [-0.2, 0) is 67.5 Å². The van der Waals surface area contributed by atoms with Crippen molar-refractivity contribution in [3.63, 3.8) is 0 Å². The first-order valence-electron chi connectivity index (χ1n) is 8.91. The molecule has 0 aliphatic rings. The van der Waals surface area contributed by atoms with Gasteiger partial charge in [-0.15, -0.1) is 13.0 Å². The molecule has 238 valence electrons. The molecule has 0 bridgehead atoms. The molecule has 0 radical (unpaired) electrons. The van der Waals surface area contributed by atoms with Gasteiger partial charge in [0.25, 0.3) is 20.2 Å². The van der Waals surface area contributed by atoms with Gasteiger partial charge in [-0.1, -0.05) is 22.0 Å². The maximum Gasteiger partial charge on any atom is 0.325 e. The van der Waals surface area contributed by atoms with E-state index < -0.39 is 76.8 Å². The van der Waals surface area contributed by atoms with E-state index in [9.17, 15) is 36.0 Å². The van der Waals surface area contributed by atoms with Crippen molar-refractivity contribution in [3.8, 4) is 0 Å². The maximum atomic E-state index is 10.9. The van der Waals surface area contributed by atoms with E-state index in [-0.39, 0.29) is 24.1 Å². The summed E-state index contributed by atoms with van der Waals surface area (Å²) in [5.74, 6) is -8.46. The van der Waals surface area contributed by atoms with E-state index in [1.54, 1.807) is 0 Å². The largest absolute Gasteiger partial charge is 0.480 e. The lowest BCUT2D eigenvalue weighted by Gasteiger charge is -2.21. The SMILES string of the molecule is CC(C(SOOO)C(=O)O)C(C(=O)O)S(=O)(=O)O.CC(SOOO)C(=O)O.O=C(O)C(CSOOO)S(=O)(=O)O. The number of hydrogen-bond donors (Lipinski definition) is 9. The van der Waals surface area contributed by atoms with E-state index >= 15 is 0 Å². The zero-order chi connectivity index (χ0) is 32.3. The highest BCUT2D eigenvalue weighted by atomic mass is 32.2. The second kappa shape index (κ2) is 22.0. The van der Waals surface area contributed by atoms with E-state index in [0.29, 0.717) is 12.0 Å². The molecule has 0 aliphatic carbocycles. The molecule has 0 saturated heterocycles. The van der Waals surface area contributed by atoms with Gasteiger partial charge < -0.3 is 20.4 Å². The standard InChI is InChI=1S/C6H10O10S2.C3H6O8S2.C3H6O5S/c1-2(3(5(7)8)17-16-15-11)4(6(9)10)18(12,13)14;4-3(5)2(13(7,8)9)1-12-11-10-6;1-2(3(4)5)9-8-7-6/h2-4,11H,1H3,(H,7,8)(H,9,10)(H,12,13,14);2,6H,1H2,(H,4,5)(H,7,8,9);2,6H,1H3,(H,4,5). The van der Waals surface area contributed by atoms with E-state index in [2.05, 4.69) is 28.1 Å². The predicted octanol–water partition coefficient (Wildman–Crippen LogP) is -0.588. The van der Waals surface area contributed by atoms with Crippen LogP contribution in [0.2, 0.25) is 0 Å². The van der Waals surface area contributed by atoms with Gasteiger partial charge in [-0.05, 0) is 6.92 Å². The monoisotopic (exact) mass is 694 g/mol. The first-order valence-corrected chi connectivity index (χ1v) is 14.4. The summed E-state index contributed by atoms with van der Waals surface area (Å²) in [6.07, 6.45) is 0. The quantitative estimate of drug-likeness (QED) is 0.0284. The molecule has 0 heterocycles. The fourth-order valence-electron chi connectivity index (χ4n) is 1.71. The Labute approximate surface area is 235 Å². The molecule has 0 aromatic heterocycles. The zero-order valence-corrected chi connectivity index (χ0v) is 23.5. The lowest BCUT2D eigenvalue weighted by Crippen LogP contribution is -2.43. The van der Waals surface area contributed by atoms with Gasteiger partial charge in [0.2, 0.25) is 0 Å². The van der Waals surface area contributed by atoms with Crippen molar-refractivity contribution in [1.82, 2.24) is 0 Å². The third-order valence-corrected chi connectivity index (χ3v) is 8.24. The van der Waals surface area contributed by atoms with Crippen molar-refractivity contribution in [3.05, 3.63) is 0 Å². The molecule has 28 heteroatoms. The minimum Gasteiger partial charge on any atom is -0.480 e. The number of rotatable bonds is 18. The van der Waals surface area contributed by atoms with E-state index in [1.165, 1.54) is 6.92 Å². The van der Waals surface area contributed by atoms with Crippen LogP contribution in [0.25, 0.3) is 0 Å². The van der Waals surface area contributed by atoms with Gasteiger partial charge >= 0.3 is 23.9 Å². The highest BCUT2D eigenvalue weighted by Gasteiger charge is 2.44. The van der Waals surface area contributed by atoms with Crippen LogP contribution in [0.15, 0.2) is 0 Å². The molecule has 23 nitrogen and oxygen atoms in total. The Morgan fingerprint density at radius 2 is 1.12 bits per heavy atom. The first-order chi connectivity index (χ1) is 18.2. The Kier molecular flexibility index (Phi) is 23.6. The van der Waals surface area contributed by atoms with Crippen molar-refractivity contribution in [2.24, 2.45) is 5.92 Å². The molecule has 0 fully saturated rings. The third kappa shape index (κ3) is 20.3. The Bertz CT molecular complexity index is 982. The fourth-order valence-corrected chi connectivity index (χ4v) is 5.01. The van der Waals surface area contributed by atoms with Crippen LogP contribution in [0.3, 0.4) is 0 Å². The van der Waals surface area contributed by atoms with E-state index in [4.69, 9.17) is 45.3 Å². The number of aliphatic carboxylic acids is 4. The van der Waals surface area contributed by atoms with Gasteiger partial charge in [0, 0.05) is 30.0 Å². The molecule has 0 aromatic rings. The topological polar surface area (TPSA) is 374 Å². The number of carbonyl (C=O) groups is 4. The second-order valence-corrected chi connectivity index (χ2v) is 11.8. The highest BCUT2D eigenvalue weighted by molar-refractivity contribution is 7.96. The highest BCUT2D eigenvalue weighted by Crippen LogP contribution is 2.27. The van der Waals surface area contributed by atoms with Crippen LogP contribution in [0, 0.1) is 5.92 Å². The third-order valence-electron chi connectivity index (χ3n) is 3.43. The molecular formula is C12H22O23S5. The molecule has 0 aromatic carbocycles. The summed E-state index contributed by atoms with van der Waals surface area (Å²) in [5, 5.41) is 59.5. The molecule has 0 spiro atoms. The molecule has 0 amide bonds. The molecule has 40 heavy (non-hydrogen) atoms. The zero-order valence-electron chi connectivity index (χ0n) is 19.4. The molecule has 5 atom stereocenters. The van der Waals surface area contributed by atoms with Crippen molar-refractivity contribution in [2.45, 2.75) is 34.8 Å².